The molecule has 0 atom stereocenters. The van der Waals surface area contributed by atoms with Crippen LogP contribution in [0.5, 0.6) is 11.6 Å². The molecule has 2 rings (SSSR count). The molecule has 0 aliphatic carbocycles. The zero-order valence-electron chi connectivity index (χ0n) is 8.32. The Labute approximate surface area is 110 Å². The molecule has 0 bridgehead atoms. The number of rotatable bonds is 2. The standard InChI is InChI=1S/C10H6BrClFN3O/c11-6-2-1-5(3-8(6)13)17-9-7(12)4-15-10(14)16-9/h1-4H,(H2,14,15,16). The lowest BCUT2D eigenvalue weighted by atomic mass is 10.3. The third kappa shape index (κ3) is 2.83. The van der Waals surface area contributed by atoms with Crippen LogP contribution < -0.4 is 10.5 Å². The molecule has 0 fully saturated rings. The maximum Gasteiger partial charge on any atom is 0.243 e. The summed E-state index contributed by atoms with van der Waals surface area (Å²) in [6.07, 6.45) is 1.31. The van der Waals surface area contributed by atoms with Crippen LogP contribution in [-0.2, 0) is 0 Å². The van der Waals surface area contributed by atoms with Gasteiger partial charge in [0.25, 0.3) is 0 Å². The summed E-state index contributed by atoms with van der Waals surface area (Å²) in [5.41, 5.74) is 5.39. The van der Waals surface area contributed by atoms with E-state index in [1.165, 1.54) is 18.3 Å². The van der Waals surface area contributed by atoms with Crippen LogP contribution in [0.15, 0.2) is 28.9 Å². The van der Waals surface area contributed by atoms with E-state index < -0.39 is 5.82 Å². The molecule has 88 valence electrons. The third-order valence-electron chi connectivity index (χ3n) is 1.84. The first-order valence-corrected chi connectivity index (χ1v) is 5.64. The lowest BCUT2D eigenvalue weighted by Gasteiger charge is -2.06. The van der Waals surface area contributed by atoms with E-state index in [1.807, 2.05) is 0 Å². The lowest BCUT2D eigenvalue weighted by Crippen LogP contribution is -1.97. The average Bonchev–Trinajstić information content (AvgIpc) is 2.29. The van der Waals surface area contributed by atoms with E-state index in [0.29, 0.717) is 4.47 Å². The number of benzene rings is 1. The predicted molar refractivity (Wildman–Crippen MR) is 65.6 cm³/mol. The molecule has 0 spiro atoms. The number of nitrogens with two attached hydrogens (primary N) is 1. The second-order valence-corrected chi connectivity index (χ2v) is 4.32. The highest BCUT2D eigenvalue weighted by Crippen LogP contribution is 2.29. The molecule has 1 heterocycles. The van der Waals surface area contributed by atoms with E-state index in [0.717, 1.165) is 0 Å². The van der Waals surface area contributed by atoms with Crippen LogP contribution in [0.4, 0.5) is 10.3 Å². The Bertz CT molecular complexity index is 567. The molecule has 2 N–H and O–H groups in total. The molecule has 0 amide bonds. The van der Waals surface area contributed by atoms with Gasteiger partial charge in [-0.1, -0.05) is 11.6 Å². The zero-order chi connectivity index (χ0) is 12.4. The Balaban J connectivity index is 2.31. The SMILES string of the molecule is Nc1ncc(Cl)c(Oc2ccc(Br)c(F)c2)n1. The number of hydrogen-bond acceptors (Lipinski definition) is 4. The van der Waals surface area contributed by atoms with E-state index >= 15 is 0 Å². The number of anilines is 1. The van der Waals surface area contributed by atoms with E-state index in [1.54, 1.807) is 6.07 Å². The highest BCUT2D eigenvalue weighted by molar-refractivity contribution is 9.10. The molecule has 2 aromatic rings. The second-order valence-electron chi connectivity index (χ2n) is 3.06. The van der Waals surface area contributed by atoms with Crippen LogP contribution in [-0.4, -0.2) is 9.97 Å². The van der Waals surface area contributed by atoms with Crippen molar-refractivity contribution in [3.05, 3.63) is 39.7 Å². The number of halogens is 3. The van der Waals surface area contributed by atoms with Crippen molar-refractivity contribution >= 4 is 33.5 Å². The van der Waals surface area contributed by atoms with Gasteiger partial charge in [-0.05, 0) is 28.1 Å². The fraction of sp³-hybridized carbons (Fsp3) is 0. The molecule has 0 saturated heterocycles. The van der Waals surface area contributed by atoms with Crippen LogP contribution in [0, 0.1) is 5.82 Å². The summed E-state index contributed by atoms with van der Waals surface area (Å²) in [6, 6.07) is 4.30. The van der Waals surface area contributed by atoms with Crippen molar-refractivity contribution in [3.8, 4) is 11.6 Å². The summed E-state index contributed by atoms with van der Waals surface area (Å²) < 4.78 is 18.9. The predicted octanol–water partition coefficient (Wildman–Crippen LogP) is 3.41. The molecule has 17 heavy (non-hydrogen) atoms. The van der Waals surface area contributed by atoms with Gasteiger partial charge >= 0.3 is 0 Å². The molecule has 1 aromatic carbocycles. The summed E-state index contributed by atoms with van der Waals surface area (Å²) >= 11 is 8.85. The number of ether oxygens (including phenoxy) is 1. The Morgan fingerprint density at radius 3 is 2.88 bits per heavy atom. The van der Waals surface area contributed by atoms with Gasteiger partial charge < -0.3 is 10.5 Å². The molecular formula is C10H6BrClFN3O. The van der Waals surface area contributed by atoms with E-state index in [4.69, 9.17) is 22.1 Å². The molecule has 0 saturated carbocycles. The zero-order valence-corrected chi connectivity index (χ0v) is 10.7. The summed E-state index contributed by atoms with van der Waals surface area (Å²) in [6.45, 7) is 0. The number of nitrogens with zero attached hydrogens (tertiary/aromatic N) is 2. The van der Waals surface area contributed by atoms with Crippen LogP contribution in [0.2, 0.25) is 5.02 Å². The fourth-order valence-electron chi connectivity index (χ4n) is 1.09. The first kappa shape index (κ1) is 12.1. The summed E-state index contributed by atoms with van der Waals surface area (Å²) in [5, 5.41) is 0.197. The van der Waals surface area contributed by atoms with Crippen molar-refractivity contribution in [2.75, 3.05) is 5.73 Å². The van der Waals surface area contributed by atoms with Gasteiger partial charge in [-0.25, -0.2) is 9.37 Å². The minimum Gasteiger partial charge on any atom is -0.437 e. The maximum atomic E-state index is 13.2. The average molecular weight is 319 g/mol. The van der Waals surface area contributed by atoms with Crippen LogP contribution in [0.3, 0.4) is 0 Å². The molecule has 7 heteroatoms. The number of hydrogen-bond donors (Lipinski definition) is 1. The molecular weight excluding hydrogens is 312 g/mol. The normalized spacial score (nSPS) is 10.3. The van der Waals surface area contributed by atoms with Crippen LogP contribution >= 0.6 is 27.5 Å². The van der Waals surface area contributed by atoms with Gasteiger partial charge in [0.2, 0.25) is 11.8 Å². The van der Waals surface area contributed by atoms with E-state index in [9.17, 15) is 4.39 Å². The van der Waals surface area contributed by atoms with Crippen LogP contribution in [0.1, 0.15) is 0 Å². The van der Waals surface area contributed by atoms with Crippen molar-refractivity contribution in [3.63, 3.8) is 0 Å². The number of aromatic nitrogens is 2. The Hall–Kier alpha value is -1.40. The topological polar surface area (TPSA) is 61.0 Å². The Kier molecular flexibility index (Phi) is 3.44. The molecule has 0 radical (unpaired) electrons. The van der Waals surface area contributed by atoms with Gasteiger partial charge in [-0.15, -0.1) is 0 Å². The molecule has 0 aliphatic heterocycles. The quantitative estimate of drug-likeness (QED) is 0.922. The van der Waals surface area contributed by atoms with Crippen LogP contribution in [0.25, 0.3) is 0 Å². The van der Waals surface area contributed by atoms with Gasteiger partial charge in [0.15, 0.2) is 0 Å². The summed E-state index contributed by atoms with van der Waals surface area (Å²) in [7, 11) is 0. The van der Waals surface area contributed by atoms with Gasteiger partial charge in [0, 0.05) is 6.07 Å². The van der Waals surface area contributed by atoms with Crippen molar-refractivity contribution in [2.24, 2.45) is 0 Å². The maximum absolute atomic E-state index is 13.2. The van der Waals surface area contributed by atoms with Gasteiger partial charge in [-0.3, -0.25) is 0 Å². The van der Waals surface area contributed by atoms with Gasteiger partial charge in [-0.2, -0.15) is 4.98 Å². The van der Waals surface area contributed by atoms with Crippen molar-refractivity contribution < 1.29 is 9.13 Å². The smallest absolute Gasteiger partial charge is 0.243 e. The van der Waals surface area contributed by atoms with E-state index in [-0.39, 0.29) is 22.6 Å². The molecule has 1 aromatic heterocycles. The Morgan fingerprint density at radius 1 is 1.41 bits per heavy atom. The highest BCUT2D eigenvalue weighted by atomic mass is 79.9. The van der Waals surface area contributed by atoms with Crippen molar-refractivity contribution in [1.29, 1.82) is 0 Å². The fourth-order valence-corrected chi connectivity index (χ4v) is 1.46. The van der Waals surface area contributed by atoms with E-state index in [2.05, 4.69) is 25.9 Å². The molecule has 4 nitrogen and oxygen atoms in total. The van der Waals surface area contributed by atoms with Gasteiger partial charge in [0.1, 0.15) is 16.6 Å². The van der Waals surface area contributed by atoms with Gasteiger partial charge in [0.05, 0.1) is 10.7 Å². The first-order valence-electron chi connectivity index (χ1n) is 4.47. The lowest BCUT2D eigenvalue weighted by molar-refractivity contribution is 0.457. The largest absolute Gasteiger partial charge is 0.437 e. The summed E-state index contributed by atoms with van der Waals surface area (Å²) in [5.74, 6) is -0.0609. The third-order valence-corrected chi connectivity index (χ3v) is 2.74. The van der Waals surface area contributed by atoms with Crippen molar-refractivity contribution in [1.82, 2.24) is 9.97 Å². The highest BCUT2D eigenvalue weighted by Gasteiger charge is 2.08. The minimum atomic E-state index is -0.444. The first-order chi connectivity index (χ1) is 8.06. The minimum absolute atomic E-state index is 0.0296. The molecule has 0 aliphatic rings. The number of nitrogen functional groups attached to an aromatic ring is 1. The van der Waals surface area contributed by atoms with Crippen molar-refractivity contribution in [2.45, 2.75) is 0 Å². The Morgan fingerprint density at radius 2 is 2.18 bits per heavy atom. The summed E-state index contributed by atoms with van der Waals surface area (Å²) in [4.78, 5) is 7.48. The second kappa shape index (κ2) is 4.85. The molecule has 0 unspecified atom stereocenters. The monoisotopic (exact) mass is 317 g/mol.